The monoisotopic (exact) mass is 334 g/mol. The zero-order valence-corrected chi connectivity index (χ0v) is 13.3. The summed E-state index contributed by atoms with van der Waals surface area (Å²) in [7, 11) is 0. The molecule has 1 aliphatic heterocycles. The quantitative estimate of drug-likeness (QED) is 0.865. The summed E-state index contributed by atoms with van der Waals surface area (Å²) in [6.45, 7) is 2.36. The Bertz CT molecular complexity index is 738. The van der Waals surface area contributed by atoms with E-state index in [1.54, 1.807) is 30.3 Å². The summed E-state index contributed by atoms with van der Waals surface area (Å²) >= 11 is 6.03. The van der Waals surface area contributed by atoms with Gasteiger partial charge in [0.1, 0.15) is 17.7 Å². The minimum absolute atomic E-state index is 0.116. The molecular weight excluding hydrogens is 319 g/mol. The van der Waals surface area contributed by atoms with E-state index < -0.39 is 11.8 Å². The molecule has 4 nitrogen and oxygen atoms in total. The second kappa shape index (κ2) is 6.46. The maximum absolute atomic E-state index is 13.7. The van der Waals surface area contributed by atoms with Crippen molar-refractivity contribution in [2.24, 2.45) is 0 Å². The van der Waals surface area contributed by atoms with E-state index in [0.717, 1.165) is 6.42 Å². The topological polar surface area (TPSA) is 41.6 Å². The van der Waals surface area contributed by atoms with E-state index in [1.807, 2.05) is 6.92 Å². The number of amides is 2. The normalized spacial score (nSPS) is 16.5. The van der Waals surface area contributed by atoms with E-state index in [9.17, 15) is 9.18 Å². The highest BCUT2D eigenvalue weighted by molar-refractivity contribution is 6.31. The van der Waals surface area contributed by atoms with Gasteiger partial charge in [0.05, 0.1) is 17.9 Å². The second-order valence-electron chi connectivity index (χ2n) is 5.28. The molecule has 2 aromatic carbocycles. The molecule has 2 amide bonds. The highest BCUT2D eigenvalue weighted by Gasteiger charge is 2.29. The summed E-state index contributed by atoms with van der Waals surface area (Å²) in [5.41, 5.74) is 0.719. The third-order valence-electron chi connectivity index (χ3n) is 3.71. The van der Waals surface area contributed by atoms with Crippen LogP contribution in [0.3, 0.4) is 0 Å². The molecule has 6 heteroatoms. The van der Waals surface area contributed by atoms with Crippen LogP contribution in [0.15, 0.2) is 42.5 Å². The first kappa shape index (κ1) is 15.6. The van der Waals surface area contributed by atoms with E-state index in [1.165, 1.54) is 17.0 Å². The lowest BCUT2D eigenvalue weighted by atomic mass is 10.1. The van der Waals surface area contributed by atoms with Crippen LogP contribution in [0.5, 0.6) is 5.75 Å². The van der Waals surface area contributed by atoms with Crippen molar-refractivity contribution in [1.82, 2.24) is 0 Å². The van der Waals surface area contributed by atoms with Gasteiger partial charge in [0, 0.05) is 5.02 Å². The van der Waals surface area contributed by atoms with Crippen LogP contribution in [0.25, 0.3) is 0 Å². The average Bonchev–Trinajstić information content (AvgIpc) is 2.56. The molecule has 0 spiro atoms. The predicted molar refractivity (Wildman–Crippen MR) is 88.9 cm³/mol. The Labute approximate surface area is 138 Å². The number of nitrogens with one attached hydrogen (secondary N) is 1. The van der Waals surface area contributed by atoms with Crippen molar-refractivity contribution in [3.8, 4) is 5.75 Å². The first-order valence-electron chi connectivity index (χ1n) is 7.37. The summed E-state index contributed by atoms with van der Waals surface area (Å²) in [5, 5.41) is 3.10. The molecule has 3 rings (SSSR count). The minimum Gasteiger partial charge on any atom is -0.486 e. The van der Waals surface area contributed by atoms with Crippen molar-refractivity contribution >= 4 is 29.0 Å². The Morgan fingerprint density at radius 3 is 2.91 bits per heavy atom. The molecule has 1 heterocycles. The molecule has 0 radical (unpaired) electrons. The van der Waals surface area contributed by atoms with Gasteiger partial charge in [-0.1, -0.05) is 30.7 Å². The summed E-state index contributed by atoms with van der Waals surface area (Å²) in [6, 6.07) is 10.8. The van der Waals surface area contributed by atoms with Gasteiger partial charge in [-0.3, -0.25) is 4.90 Å². The first-order valence-corrected chi connectivity index (χ1v) is 7.75. The highest BCUT2D eigenvalue weighted by atomic mass is 35.5. The van der Waals surface area contributed by atoms with Crippen molar-refractivity contribution in [3.05, 3.63) is 53.3 Å². The van der Waals surface area contributed by atoms with Gasteiger partial charge in [-0.15, -0.1) is 0 Å². The number of benzene rings is 2. The van der Waals surface area contributed by atoms with Gasteiger partial charge in [0.25, 0.3) is 0 Å². The van der Waals surface area contributed by atoms with Crippen LogP contribution < -0.4 is 15.0 Å². The number of urea groups is 1. The van der Waals surface area contributed by atoms with Gasteiger partial charge in [-0.2, -0.15) is 0 Å². The van der Waals surface area contributed by atoms with Gasteiger partial charge in [-0.25, -0.2) is 9.18 Å². The Morgan fingerprint density at radius 2 is 2.17 bits per heavy atom. The lowest BCUT2D eigenvalue weighted by Gasteiger charge is -2.34. The standard InChI is InChI=1S/C17H16ClFN2O2/c1-2-12-10-21(15-9-11(18)7-8-16(15)23-12)17(22)20-14-6-4-3-5-13(14)19/h3-9,12H,2,10H2,1H3,(H,20,22). The van der Waals surface area contributed by atoms with Crippen LogP contribution in [-0.2, 0) is 0 Å². The lowest BCUT2D eigenvalue weighted by molar-refractivity contribution is 0.188. The summed E-state index contributed by atoms with van der Waals surface area (Å²) in [4.78, 5) is 14.1. The Hall–Kier alpha value is -2.27. The summed E-state index contributed by atoms with van der Waals surface area (Å²) in [6.07, 6.45) is 0.640. The molecule has 2 aromatic rings. The van der Waals surface area contributed by atoms with E-state index in [0.29, 0.717) is 23.0 Å². The van der Waals surface area contributed by atoms with Crippen molar-refractivity contribution in [2.45, 2.75) is 19.4 Å². The number of hydrogen-bond donors (Lipinski definition) is 1. The molecule has 1 N–H and O–H groups in total. The van der Waals surface area contributed by atoms with Crippen LogP contribution in [0.4, 0.5) is 20.6 Å². The lowest BCUT2D eigenvalue weighted by Crippen LogP contribution is -2.45. The molecule has 1 atom stereocenters. The third kappa shape index (κ3) is 3.24. The number of carbonyl (C=O) groups is 1. The maximum atomic E-state index is 13.7. The Morgan fingerprint density at radius 1 is 1.39 bits per heavy atom. The molecule has 0 aliphatic carbocycles. The van der Waals surface area contributed by atoms with Crippen molar-refractivity contribution in [2.75, 3.05) is 16.8 Å². The molecule has 1 unspecified atom stereocenters. The van der Waals surface area contributed by atoms with Gasteiger partial charge >= 0.3 is 6.03 Å². The van der Waals surface area contributed by atoms with E-state index in [-0.39, 0.29) is 11.8 Å². The number of anilines is 2. The van der Waals surface area contributed by atoms with Gasteiger partial charge in [0.2, 0.25) is 0 Å². The van der Waals surface area contributed by atoms with Crippen LogP contribution in [-0.4, -0.2) is 18.7 Å². The third-order valence-corrected chi connectivity index (χ3v) is 3.94. The fraction of sp³-hybridized carbons (Fsp3) is 0.235. The molecule has 0 aromatic heterocycles. The summed E-state index contributed by atoms with van der Waals surface area (Å²) in [5.74, 6) is 0.114. The molecule has 120 valence electrons. The van der Waals surface area contributed by atoms with E-state index in [2.05, 4.69) is 5.32 Å². The van der Waals surface area contributed by atoms with E-state index in [4.69, 9.17) is 16.3 Å². The smallest absolute Gasteiger partial charge is 0.326 e. The molecule has 1 aliphatic rings. The Balaban J connectivity index is 1.90. The SMILES string of the molecule is CCC1CN(C(=O)Nc2ccccc2F)c2cc(Cl)ccc2O1. The summed E-state index contributed by atoms with van der Waals surface area (Å²) < 4.78 is 19.6. The van der Waals surface area contributed by atoms with Crippen LogP contribution >= 0.6 is 11.6 Å². The van der Waals surface area contributed by atoms with Crippen LogP contribution in [0, 0.1) is 5.82 Å². The number of nitrogens with zero attached hydrogens (tertiary/aromatic N) is 1. The fourth-order valence-corrected chi connectivity index (χ4v) is 2.64. The molecule has 0 fully saturated rings. The van der Waals surface area contributed by atoms with Crippen molar-refractivity contribution in [3.63, 3.8) is 0 Å². The first-order chi connectivity index (χ1) is 11.1. The average molecular weight is 335 g/mol. The van der Waals surface area contributed by atoms with Crippen molar-refractivity contribution in [1.29, 1.82) is 0 Å². The Kier molecular flexibility index (Phi) is 4.39. The number of fused-ring (bicyclic) bond motifs is 1. The number of carbonyl (C=O) groups excluding carboxylic acids is 1. The highest BCUT2D eigenvalue weighted by Crippen LogP contribution is 2.36. The number of ether oxygens (including phenoxy) is 1. The van der Waals surface area contributed by atoms with E-state index >= 15 is 0 Å². The molecular formula is C17H16ClFN2O2. The van der Waals surface area contributed by atoms with Crippen LogP contribution in [0.1, 0.15) is 13.3 Å². The van der Waals surface area contributed by atoms with Gasteiger partial charge in [0.15, 0.2) is 0 Å². The number of halogens is 2. The fourth-order valence-electron chi connectivity index (χ4n) is 2.47. The predicted octanol–water partition coefficient (Wildman–Crippen LogP) is 4.69. The zero-order chi connectivity index (χ0) is 16.4. The second-order valence-corrected chi connectivity index (χ2v) is 5.72. The minimum atomic E-state index is -0.479. The zero-order valence-electron chi connectivity index (χ0n) is 12.6. The number of hydrogen-bond acceptors (Lipinski definition) is 2. The van der Waals surface area contributed by atoms with Gasteiger partial charge in [-0.05, 0) is 36.8 Å². The maximum Gasteiger partial charge on any atom is 0.326 e. The largest absolute Gasteiger partial charge is 0.486 e. The molecule has 0 saturated carbocycles. The van der Waals surface area contributed by atoms with Crippen molar-refractivity contribution < 1.29 is 13.9 Å². The molecule has 0 saturated heterocycles. The number of para-hydroxylation sites is 1. The molecule has 23 heavy (non-hydrogen) atoms. The molecule has 0 bridgehead atoms. The van der Waals surface area contributed by atoms with Gasteiger partial charge < -0.3 is 10.1 Å². The number of rotatable bonds is 2. The van der Waals surface area contributed by atoms with Crippen LogP contribution in [0.2, 0.25) is 5.02 Å².